The molecule has 1 atom stereocenters. The number of rotatable bonds is 6. The van der Waals surface area contributed by atoms with E-state index in [1.165, 1.54) is 12.8 Å². The monoisotopic (exact) mass is 214 g/mol. The number of amides is 1. The molecule has 1 aliphatic rings. The molecule has 0 bridgehead atoms. The average molecular weight is 214 g/mol. The zero-order chi connectivity index (χ0) is 11.1. The lowest BCUT2D eigenvalue weighted by molar-refractivity contribution is -0.129. The van der Waals surface area contributed by atoms with Crippen molar-refractivity contribution in [1.82, 2.24) is 10.2 Å². The van der Waals surface area contributed by atoms with Gasteiger partial charge in [-0.1, -0.05) is 0 Å². The van der Waals surface area contributed by atoms with Gasteiger partial charge in [0.25, 0.3) is 0 Å². The molecular formula is C11H22N2O2. The van der Waals surface area contributed by atoms with E-state index in [2.05, 4.69) is 5.32 Å². The van der Waals surface area contributed by atoms with Crippen LogP contribution in [-0.2, 0) is 9.53 Å². The first-order valence-electron chi connectivity index (χ1n) is 5.71. The highest BCUT2D eigenvalue weighted by molar-refractivity contribution is 5.75. The van der Waals surface area contributed by atoms with Crippen LogP contribution in [0.2, 0.25) is 0 Å². The number of nitrogens with one attached hydrogen (secondary N) is 1. The number of ether oxygens (including phenoxy) is 1. The summed E-state index contributed by atoms with van der Waals surface area (Å²) in [5.74, 6) is 0.178. The minimum Gasteiger partial charge on any atom is -0.380 e. The first-order valence-corrected chi connectivity index (χ1v) is 5.71. The molecule has 1 unspecified atom stereocenters. The lowest BCUT2D eigenvalue weighted by Gasteiger charge is -2.12. The summed E-state index contributed by atoms with van der Waals surface area (Å²) in [6.07, 6.45) is 3.89. The number of hydrogen-bond donors (Lipinski definition) is 1. The van der Waals surface area contributed by atoms with Crippen LogP contribution in [0, 0.1) is 0 Å². The molecule has 0 radical (unpaired) electrons. The SMILES string of the molecule is CN(C)C(=O)CCCOCC1CCCN1. The smallest absolute Gasteiger partial charge is 0.222 e. The van der Waals surface area contributed by atoms with Crippen LogP contribution in [0.1, 0.15) is 25.7 Å². The molecule has 15 heavy (non-hydrogen) atoms. The molecule has 0 aromatic rings. The van der Waals surface area contributed by atoms with Crippen molar-refractivity contribution in [2.24, 2.45) is 0 Å². The summed E-state index contributed by atoms with van der Waals surface area (Å²) < 4.78 is 5.51. The fourth-order valence-corrected chi connectivity index (χ4v) is 1.67. The fourth-order valence-electron chi connectivity index (χ4n) is 1.67. The molecule has 4 nitrogen and oxygen atoms in total. The van der Waals surface area contributed by atoms with Crippen LogP contribution in [0.15, 0.2) is 0 Å². The Morgan fingerprint density at radius 1 is 1.53 bits per heavy atom. The zero-order valence-corrected chi connectivity index (χ0v) is 9.79. The van der Waals surface area contributed by atoms with Gasteiger partial charge < -0.3 is 15.0 Å². The quantitative estimate of drug-likeness (QED) is 0.659. The van der Waals surface area contributed by atoms with Gasteiger partial charge in [0.15, 0.2) is 0 Å². The van der Waals surface area contributed by atoms with Crippen LogP contribution in [0.25, 0.3) is 0 Å². The second-order valence-electron chi connectivity index (χ2n) is 4.26. The number of carbonyl (C=O) groups excluding carboxylic acids is 1. The molecule has 4 heteroatoms. The van der Waals surface area contributed by atoms with Gasteiger partial charge in [0.1, 0.15) is 0 Å². The predicted octanol–water partition coefficient (Wildman–Crippen LogP) is 0.623. The van der Waals surface area contributed by atoms with Crippen LogP contribution in [0.5, 0.6) is 0 Å². The van der Waals surface area contributed by atoms with Crippen molar-refractivity contribution in [2.45, 2.75) is 31.7 Å². The summed E-state index contributed by atoms with van der Waals surface area (Å²) in [4.78, 5) is 12.8. The van der Waals surface area contributed by atoms with Crippen LogP contribution in [0.3, 0.4) is 0 Å². The van der Waals surface area contributed by atoms with E-state index >= 15 is 0 Å². The molecule has 1 N–H and O–H groups in total. The minimum absolute atomic E-state index is 0.178. The van der Waals surface area contributed by atoms with E-state index in [1.807, 2.05) is 0 Å². The highest BCUT2D eigenvalue weighted by Gasteiger charge is 2.13. The standard InChI is InChI=1S/C11H22N2O2/c1-13(2)11(14)6-4-8-15-9-10-5-3-7-12-10/h10,12H,3-9H2,1-2H3. The van der Waals surface area contributed by atoms with E-state index in [1.54, 1.807) is 19.0 Å². The fraction of sp³-hybridized carbons (Fsp3) is 0.909. The Labute approximate surface area is 92.0 Å². The topological polar surface area (TPSA) is 41.6 Å². The lowest BCUT2D eigenvalue weighted by Crippen LogP contribution is -2.27. The third kappa shape index (κ3) is 5.14. The number of carbonyl (C=O) groups is 1. The van der Waals surface area contributed by atoms with E-state index < -0.39 is 0 Å². The molecule has 1 amide bonds. The largest absolute Gasteiger partial charge is 0.380 e. The van der Waals surface area contributed by atoms with Crippen molar-refractivity contribution >= 4 is 5.91 Å². The summed E-state index contributed by atoms with van der Waals surface area (Å²) in [6, 6.07) is 0.537. The Morgan fingerprint density at radius 2 is 2.33 bits per heavy atom. The molecule has 0 aromatic carbocycles. The van der Waals surface area contributed by atoms with Crippen LogP contribution in [0.4, 0.5) is 0 Å². The summed E-state index contributed by atoms with van der Waals surface area (Å²) >= 11 is 0. The Balaban J connectivity index is 1.90. The first-order chi connectivity index (χ1) is 7.20. The van der Waals surface area contributed by atoms with E-state index in [4.69, 9.17) is 4.74 Å². The van der Waals surface area contributed by atoms with Gasteiger partial charge in [0.2, 0.25) is 5.91 Å². The number of hydrogen-bond acceptors (Lipinski definition) is 3. The maximum atomic E-state index is 11.2. The molecule has 0 aromatic heterocycles. The van der Waals surface area contributed by atoms with Gasteiger partial charge in [-0.25, -0.2) is 0 Å². The van der Waals surface area contributed by atoms with Crippen molar-refractivity contribution in [2.75, 3.05) is 33.9 Å². The molecule has 1 aliphatic heterocycles. The van der Waals surface area contributed by atoms with Crippen molar-refractivity contribution < 1.29 is 9.53 Å². The van der Waals surface area contributed by atoms with E-state index in [9.17, 15) is 4.79 Å². The summed E-state index contributed by atoms with van der Waals surface area (Å²) in [6.45, 7) is 2.60. The van der Waals surface area contributed by atoms with Crippen molar-refractivity contribution in [3.8, 4) is 0 Å². The number of nitrogens with zero attached hydrogens (tertiary/aromatic N) is 1. The van der Waals surface area contributed by atoms with Gasteiger partial charge >= 0.3 is 0 Å². The second-order valence-corrected chi connectivity index (χ2v) is 4.26. The summed E-state index contributed by atoms with van der Waals surface area (Å²) in [5, 5.41) is 3.37. The summed E-state index contributed by atoms with van der Waals surface area (Å²) in [5.41, 5.74) is 0. The van der Waals surface area contributed by atoms with Gasteiger partial charge in [-0.3, -0.25) is 4.79 Å². The van der Waals surface area contributed by atoms with Crippen molar-refractivity contribution in [1.29, 1.82) is 0 Å². The molecule has 1 saturated heterocycles. The van der Waals surface area contributed by atoms with Crippen molar-refractivity contribution in [3.05, 3.63) is 0 Å². The van der Waals surface area contributed by atoms with Crippen molar-refractivity contribution in [3.63, 3.8) is 0 Å². The zero-order valence-electron chi connectivity index (χ0n) is 9.79. The third-order valence-electron chi connectivity index (χ3n) is 2.66. The molecule has 0 aliphatic carbocycles. The molecule has 0 saturated carbocycles. The average Bonchev–Trinajstić information content (AvgIpc) is 2.69. The van der Waals surface area contributed by atoms with Gasteiger partial charge in [-0.15, -0.1) is 0 Å². The molecule has 0 spiro atoms. The lowest BCUT2D eigenvalue weighted by atomic mass is 10.2. The van der Waals surface area contributed by atoms with Crippen LogP contribution in [-0.4, -0.2) is 50.7 Å². The van der Waals surface area contributed by atoms with Gasteiger partial charge in [-0.05, 0) is 25.8 Å². The Bertz CT molecular complexity index is 189. The normalized spacial score (nSPS) is 20.5. The van der Waals surface area contributed by atoms with E-state index in [0.29, 0.717) is 19.1 Å². The summed E-state index contributed by atoms with van der Waals surface area (Å²) in [7, 11) is 3.57. The molecule has 88 valence electrons. The predicted molar refractivity (Wildman–Crippen MR) is 59.8 cm³/mol. The minimum atomic E-state index is 0.178. The van der Waals surface area contributed by atoms with E-state index in [0.717, 1.165) is 19.6 Å². The molecule has 1 heterocycles. The Kier molecular flexibility index (Phi) is 5.65. The van der Waals surface area contributed by atoms with Gasteiger partial charge in [0, 0.05) is 33.2 Å². The second kappa shape index (κ2) is 6.80. The van der Waals surface area contributed by atoms with Crippen LogP contribution < -0.4 is 5.32 Å². The highest BCUT2D eigenvalue weighted by Crippen LogP contribution is 2.05. The molecular weight excluding hydrogens is 192 g/mol. The van der Waals surface area contributed by atoms with Gasteiger partial charge in [-0.2, -0.15) is 0 Å². The maximum absolute atomic E-state index is 11.2. The first kappa shape index (κ1) is 12.5. The van der Waals surface area contributed by atoms with Gasteiger partial charge in [0.05, 0.1) is 6.61 Å². The Morgan fingerprint density at radius 3 is 2.93 bits per heavy atom. The third-order valence-corrected chi connectivity index (χ3v) is 2.66. The molecule has 1 fully saturated rings. The Hall–Kier alpha value is -0.610. The van der Waals surface area contributed by atoms with Crippen LogP contribution >= 0.6 is 0 Å². The van der Waals surface area contributed by atoms with E-state index in [-0.39, 0.29) is 5.91 Å². The maximum Gasteiger partial charge on any atom is 0.222 e. The molecule has 1 rings (SSSR count). The highest BCUT2D eigenvalue weighted by atomic mass is 16.5.